The first-order valence-electron chi connectivity index (χ1n) is 11.6. The lowest BCUT2D eigenvalue weighted by molar-refractivity contribution is 0.0977. The number of carbonyl (C=O) groups is 1. The summed E-state index contributed by atoms with van der Waals surface area (Å²) in [6.07, 6.45) is 0.697. The summed E-state index contributed by atoms with van der Waals surface area (Å²) < 4.78 is 15.3. The van der Waals surface area contributed by atoms with Gasteiger partial charge in [0, 0.05) is 30.0 Å². The van der Waals surface area contributed by atoms with Gasteiger partial charge in [0.1, 0.15) is 5.82 Å². The molecule has 1 aromatic heterocycles. The number of halogens is 1. The van der Waals surface area contributed by atoms with Crippen LogP contribution in [0.4, 0.5) is 10.1 Å². The Morgan fingerprint density at radius 1 is 1.06 bits per heavy atom. The van der Waals surface area contributed by atoms with E-state index in [4.69, 9.17) is 0 Å². The minimum absolute atomic E-state index is 0.00755. The number of rotatable bonds is 6. The fourth-order valence-electron chi connectivity index (χ4n) is 3.76. The Kier molecular flexibility index (Phi) is 7.87. The molecular weight excluding hydrogens is 429 g/mol. The second-order valence-electron chi connectivity index (χ2n) is 9.36. The third-order valence-electron chi connectivity index (χ3n) is 5.81. The van der Waals surface area contributed by atoms with Crippen molar-refractivity contribution >= 4 is 17.6 Å². The molecule has 1 amide bonds. The Morgan fingerprint density at radius 2 is 1.71 bits per heavy atom. The molecule has 180 valence electrons. The van der Waals surface area contributed by atoms with Gasteiger partial charge in [0.05, 0.1) is 5.69 Å². The number of hydrogen-bond donors (Lipinski definition) is 2. The molecule has 0 radical (unpaired) electrons. The molecular formula is C27H34FN5O. The van der Waals surface area contributed by atoms with E-state index in [2.05, 4.69) is 55.3 Å². The monoisotopic (exact) mass is 463 g/mol. The maximum absolute atomic E-state index is 13.3. The van der Waals surface area contributed by atoms with Crippen molar-refractivity contribution in [3.05, 3.63) is 82.4 Å². The van der Waals surface area contributed by atoms with Crippen LogP contribution in [0.1, 0.15) is 60.6 Å². The first kappa shape index (κ1) is 25.1. The van der Waals surface area contributed by atoms with E-state index in [1.54, 1.807) is 12.1 Å². The number of nitrogens with one attached hydrogen (secondary N) is 2. The minimum Gasteiger partial charge on any atom is -0.326 e. The van der Waals surface area contributed by atoms with E-state index >= 15 is 0 Å². The first-order chi connectivity index (χ1) is 16.1. The number of aryl methyl sites for hydroxylation is 2. The van der Waals surface area contributed by atoms with Crippen molar-refractivity contribution in [2.24, 2.45) is 4.99 Å². The summed E-state index contributed by atoms with van der Waals surface area (Å²) in [6, 6.07) is 13.5. The highest BCUT2D eigenvalue weighted by molar-refractivity contribution is 6.09. The molecule has 2 N–H and O–H groups in total. The number of amides is 1. The highest BCUT2D eigenvalue weighted by Crippen LogP contribution is 2.22. The number of guanidine groups is 1. The number of benzene rings is 2. The van der Waals surface area contributed by atoms with Crippen molar-refractivity contribution in [3.8, 4) is 0 Å². The van der Waals surface area contributed by atoms with Crippen LogP contribution in [-0.4, -0.2) is 28.2 Å². The molecule has 0 fully saturated rings. The molecule has 34 heavy (non-hydrogen) atoms. The number of carbonyl (C=O) groups excluding carboxylic acids is 1. The van der Waals surface area contributed by atoms with Gasteiger partial charge in [0.25, 0.3) is 5.91 Å². The Labute approximate surface area is 201 Å². The van der Waals surface area contributed by atoms with Gasteiger partial charge in [-0.15, -0.1) is 0 Å². The summed E-state index contributed by atoms with van der Waals surface area (Å²) in [4.78, 5) is 17.6. The molecule has 0 unspecified atom stereocenters. The maximum Gasteiger partial charge on any atom is 0.257 e. The quantitative estimate of drug-likeness (QED) is 0.380. The molecule has 6 nitrogen and oxygen atoms in total. The number of anilines is 1. The van der Waals surface area contributed by atoms with Gasteiger partial charge in [0.15, 0.2) is 0 Å². The summed E-state index contributed by atoms with van der Waals surface area (Å²) in [5.41, 5.74) is 5.62. The molecule has 0 aliphatic rings. The van der Waals surface area contributed by atoms with Crippen molar-refractivity contribution in [1.29, 1.82) is 0 Å². The lowest BCUT2D eigenvalue weighted by Gasteiger charge is -2.19. The highest BCUT2D eigenvalue weighted by Gasteiger charge is 2.16. The summed E-state index contributed by atoms with van der Waals surface area (Å²) >= 11 is 0. The molecule has 3 aromatic rings. The first-order valence-corrected chi connectivity index (χ1v) is 11.6. The zero-order chi connectivity index (χ0) is 24.9. The molecule has 0 saturated heterocycles. The predicted molar refractivity (Wildman–Crippen MR) is 136 cm³/mol. The van der Waals surface area contributed by atoms with Crippen LogP contribution in [0.15, 0.2) is 53.5 Å². The van der Waals surface area contributed by atoms with E-state index in [9.17, 15) is 9.18 Å². The van der Waals surface area contributed by atoms with Crippen LogP contribution in [0.25, 0.3) is 0 Å². The van der Waals surface area contributed by atoms with E-state index in [1.165, 1.54) is 12.1 Å². The van der Waals surface area contributed by atoms with E-state index in [-0.39, 0.29) is 17.1 Å². The van der Waals surface area contributed by atoms with Crippen LogP contribution in [-0.2, 0) is 18.4 Å². The van der Waals surface area contributed by atoms with Crippen molar-refractivity contribution in [2.45, 2.75) is 59.9 Å². The van der Waals surface area contributed by atoms with Crippen LogP contribution in [0.5, 0.6) is 0 Å². The molecule has 7 heteroatoms. The van der Waals surface area contributed by atoms with Gasteiger partial charge in [-0.25, -0.2) is 4.39 Å². The van der Waals surface area contributed by atoms with Crippen molar-refractivity contribution in [3.63, 3.8) is 0 Å². The highest BCUT2D eigenvalue weighted by atomic mass is 19.1. The van der Waals surface area contributed by atoms with Gasteiger partial charge >= 0.3 is 0 Å². The van der Waals surface area contributed by atoms with Crippen LogP contribution >= 0.6 is 0 Å². The summed E-state index contributed by atoms with van der Waals surface area (Å²) in [5.74, 6) is -0.277. The normalized spacial score (nSPS) is 12.0. The largest absolute Gasteiger partial charge is 0.326 e. The molecule has 0 spiro atoms. The van der Waals surface area contributed by atoms with Gasteiger partial charge in [-0.05, 0) is 80.1 Å². The second-order valence-corrected chi connectivity index (χ2v) is 9.36. The molecule has 0 bridgehead atoms. The molecule has 3 rings (SSSR count). The third-order valence-corrected chi connectivity index (χ3v) is 5.81. The lowest BCUT2D eigenvalue weighted by atomic mass is 9.87. The third kappa shape index (κ3) is 6.31. The van der Waals surface area contributed by atoms with Crippen LogP contribution < -0.4 is 10.6 Å². The smallest absolute Gasteiger partial charge is 0.257 e. The van der Waals surface area contributed by atoms with E-state index in [0.717, 1.165) is 29.1 Å². The molecule has 0 aliphatic heterocycles. The summed E-state index contributed by atoms with van der Waals surface area (Å²) in [7, 11) is 0. The molecule has 1 heterocycles. The van der Waals surface area contributed by atoms with Gasteiger partial charge in [-0.3, -0.25) is 19.8 Å². The number of nitrogens with zero attached hydrogens (tertiary/aromatic N) is 3. The maximum atomic E-state index is 13.3. The molecule has 2 aromatic carbocycles. The lowest BCUT2D eigenvalue weighted by Crippen LogP contribution is -2.36. The molecule has 0 atom stereocenters. The zero-order valence-electron chi connectivity index (χ0n) is 20.9. The minimum atomic E-state index is -0.328. The van der Waals surface area contributed by atoms with Gasteiger partial charge in [0.2, 0.25) is 5.96 Å². The second kappa shape index (κ2) is 10.6. The van der Waals surface area contributed by atoms with Crippen LogP contribution in [0, 0.1) is 19.7 Å². The molecule has 0 aliphatic carbocycles. The molecule has 0 saturated carbocycles. The SMILES string of the molecule is CCn1nc(C)c(CCN=C(NC(=O)c2ccc(C(C)(C)C)cc2)Nc2ccc(F)cc2)c1C. The Balaban J connectivity index is 1.78. The van der Waals surface area contributed by atoms with Crippen LogP contribution in [0.2, 0.25) is 0 Å². The van der Waals surface area contributed by atoms with Crippen molar-refractivity contribution < 1.29 is 9.18 Å². The van der Waals surface area contributed by atoms with Crippen molar-refractivity contribution in [2.75, 3.05) is 11.9 Å². The zero-order valence-corrected chi connectivity index (χ0v) is 20.9. The van der Waals surface area contributed by atoms with E-state index in [1.807, 2.05) is 35.9 Å². The standard InChI is InChI=1S/C27H34FN5O/c1-7-33-19(3)24(18(2)32-33)16-17-29-26(30-23-14-12-22(28)13-15-23)31-25(34)20-8-10-21(11-9-20)27(4,5)6/h8-15H,7,16-17H2,1-6H3,(H2,29,30,31,34). The van der Waals surface area contributed by atoms with Gasteiger partial charge in [-0.1, -0.05) is 32.9 Å². The predicted octanol–water partition coefficient (Wildman–Crippen LogP) is 5.40. The topological polar surface area (TPSA) is 71.3 Å². The van der Waals surface area contributed by atoms with Gasteiger partial charge in [-0.2, -0.15) is 5.10 Å². The number of aliphatic imine (C=N–C) groups is 1. The fourth-order valence-corrected chi connectivity index (χ4v) is 3.76. The van der Waals surface area contributed by atoms with E-state index < -0.39 is 0 Å². The average Bonchev–Trinajstić information content (AvgIpc) is 3.07. The van der Waals surface area contributed by atoms with E-state index in [0.29, 0.717) is 30.2 Å². The Morgan fingerprint density at radius 3 is 2.26 bits per heavy atom. The van der Waals surface area contributed by atoms with Gasteiger partial charge < -0.3 is 5.32 Å². The summed E-state index contributed by atoms with van der Waals surface area (Å²) in [6.45, 7) is 13.8. The number of hydrogen-bond acceptors (Lipinski definition) is 3. The fraction of sp³-hybridized carbons (Fsp3) is 0.370. The Hall–Kier alpha value is -3.48. The Bertz CT molecular complexity index is 1160. The van der Waals surface area contributed by atoms with Crippen molar-refractivity contribution in [1.82, 2.24) is 15.1 Å². The average molecular weight is 464 g/mol. The summed E-state index contributed by atoms with van der Waals surface area (Å²) in [5, 5.41) is 10.5. The van der Waals surface area contributed by atoms with Crippen LogP contribution in [0.3, 0.4) is 0 Å². The number of aromatic nitrogens is 2.